The summed E-state index contributed by atoms with van der Waals surface area (Å²) >= 11 is 0. The maximum absolute atomic E-state index is 12.7. The van der Waals surface area contributed by atoms with Crippen LogP contribution >= 0.6 is 0 Å². The number of phenolic OH excluding ortho intramolecular Hbond substituents is 2. The maximum atomic E-state index is 12.7. The van der Waals surface area contributed by atoms with Crippen LogP contribution in [0.25, 0.3) is 6.08 Å². The number of methoxy groups -OCH3 is 1. The van der Waals surface area contributed by atoms with Gasteiger partial charge < -0.3 is 64.5 Å². The number of benzene rings is 2. The molecule has 8 N–H and O–H groups in total. The van der Waals surface area contributed by atoms with Gasteiger partial charge in [0.25, 0.3) is 0 Å². The number of ether oxygens (including phenoxy) is 5. The first-order valence-electron chi connectivity index (χ1n) is 13.0. The normalized spacial score (nSPS) is 33.4. The van der Waals surface area contributed by atoms with E-state index in [2.05, 4.69) is 0 Å². The van der Waals surface area contributed by atoms with Gasteiger partial charge in [-0.15, -0.1) is 0 Å². The van der Waals surface area contributed by atoms with E-state index in [0.717, 1.165) is 18.2 Å². The largest absolute Gasteiger partial charge is 0.507 e. The van der Waals surface area contributed by atoms with Crippen LogP contribution in [0.3, 0.4) is 0 Å². The summed E-state index contributed by atoms with van der Waals surface area (Å²) in [6, 6.07) is 8.78. The van der Waals surface area contributed by atoms with Crippen LogP contribution in [0.4, 0.5) is 0 Å². The molecule has 2 fully saturated rings. The highest BCUT2D eigenvalue weighted by Crippen LogP contribution is 2.36. The topological polar surface area (TPSA) is 225 Å². The number of carbonyl (C=O) groups is 1. The Morgan fingerprint density at radius 2 is 1.50 bits per heavy atom. The SMILES string of the molecule is COc1ccc(/C=C/C(=O)c2c(O)cc(O[C@@H]3O[C@H](CO)[C@@H](O)[C@@H](O)[C@@H]3O[C@@H]3O[C@@H](C)[C@H](O)[C@H](O)[C@H]3O)cc2O)cc1. The van der Waals surface area contributed by atoms with Crippen molar-refractivity contribution in [2.24, 2.45) is 0 Å². The molecule has 0 unspecified atom stereocenters. The van der Waals surface area contributed by atoms with E-state index in [9.17, 15) is 45.6 Å². The molecule has 10 atom stereocenters. The van der Waals surface area contributed by atoms with E-state index in [1.165, 1.54) is 20.1 Å². The third kappa shape index (κ3) is 6.67. The number of allylic oxidation sites excluding steroid dienone is 1. The number of hydrogen-bond acceptors (Lipinski definition) is 14. The summed E-state index contributed by atoms with van der Waals surface area (Å²) in [6.45, 7) is 0.676. The van der Waals surface area contributed by atoms with Gasteiger partial charge in [0, 0.05) is 12.1 Å². The van der Waals surface area contributed by atoms with E-state index in [1.54, 1.807) is 24.3 Å². The summed E-state index contributed by atoms with van der Waals surface area (Å²) in [5, 5.41) is 82.2. The summed E-state index contributed by atoms with van der Waals surface area (Å²) in [5.74, 6) is -1.66. The summed E-state index contributed by atoms with van der Waals surface area (Å²) in [7, 11) is 1.52. The first kappa shape index (κ1) is 31.6. The second-order valence-electron chi connectivity index (χ2n) is 9.91. The standard InChI is InChI=1S/C28H34O14/c1-12-21(33)23(35)25(37)27(39-12)42-26-24(36)22(34)19(11-29)41-28(26)40-15-9-17(31)20(18(32)10-15)16(30)8-5-13-3-6-14(38-2)7-4-13/h3-10,12,19,21-29,31-37H,11H2,1-2H3/b8-5+/t12-,19+,21-,22+,23-,24+,25+,26-,27-,28+/m0/s1. The van der Waals surface area contributed by atoms with Gasteiger partial charge in [0.05, 0.1) is 19.8 Å². The van der Waals surface area contributed by atoms with Gasteiger partial charge in [-0.3, -0.25) is 4.79 Å². The molecule has 14 heteroatoms. The van der Waals surface area contributed by atoms with Crippen LogP contribution in [0.2, 0.25) is 0 Å². The monoisotopic (exact) mass is 594 g/mol. The van der Waals surface area contributed by atoms with Gasteiger partial charge in [-0.05, 0) is 30.7 Å². The number of aliphatic hydroxyl groups excluding tert-OH is 6. The molecule has 0 aromatic heterocycles. The molecule has 14 nitrogen and oxygen atoms in total. The molecule has 0 amide bonds. The zero-order chi connectivity index (χ0) is 30.7. The van der Waals surface area contributed by atoms with Crippen LogP contribution in [0, 0.1) is 0 Å². The zero-order valence-electron chi connectivity index (χ0n) is 22.6. The highest BCUT2D eigenvalue weighted by atomic mass is 16.8. The number of aromatic hydroxyl groups is 2. The van der Waals surface area contributed by atoms with Crippen LogP contribution in [0.15, 0.2) is 42.5 Å². The predicted octanol–water partition coefficient (Wildman–Crippen LogP) is -0.967. The van der Waals surface area contributed by atoms with Crippen molar-refractivity contribution in [2.45, 2.75) is 68.3 Å². The highest BCUT2D eigenvalue weighted by molar-refractivity contribution is 6.10. The average molecular weight is 595 g/mol. The smallest absolute Gasteiger partial charge is 0.229 e. The molecule has 2 aliphatic rings. The number of carbonyl (C=O) groups excluding carboxylic acids is 1. The Balaban J connectivity index is 1.54. The van der Waals surface area contributed by atoms with E-state index in [1.807, 2.05) is 0 Å². The van der Waals surface area contributed by atoms with E-state index in [4.69, 9.17) is 23.7 Å². The number of ketones is 1. The zero-order valence-corrected chi connectivity index (χ0v) is 22.6. The van der Waals surface area contributed by atoms with Crippen molar-refractivity contribution >= 4 is 11.9 Å². The lowest BCUT2D eigenvalue weighted by atomic mass is 9.97. The Morgan fingerprint density at radius 3 is 2.10 bits per heavy atom. The van der Waals surface area contributed by atoms with Crippen LogP contribution in [-0.4, -0.2) is 122 Å². The lowest BCUT2D eigenvalue weighted by Crippen LogP contribution is -2.64. The highest BCUT2D eigenvalue weighted by Gasteiger charge is 2.50. The third-order valence-corrected chi connectivity index (χ3v) is 7.04. The molecule has 2 aromatic carbocycles. The van der Waals surface area contributed by atoms with Crippen molar-refractivity contribution in [3.63, 3.8) is 0 Å². The van der Waals surface area contributed by atoms with Gasteiger partial charge >= 0.3 is 0 Å². The molecule has 2 saturated heterocycles. The Morgan fingerprint density at radius 1 is 0.857 bits per heavy atom. The molecule has 0 radical (unpaired) electrons. The van der Waals surface area contributed by atoms with Crippen LogP contribution in [-0.2, 0) is 14.2 Å². The molecule has 42 heavy (non-hydrogen) atoms. The summed E-state index contributed by atoms with van der Waals surface area (Å²) in [6.07, 6.45) is -12.9. The lowest BCUT2D eigenvalue weighted by Gasteiger charge is -2.45. The van der Waals surface area contributed by atoms with Gasteiger partial charge in [0.1, 0.15) is 65.2 Å². The average Bonchev–Trinajstić information content (AvgIpc) is 2.97. The molecule has 2 heterocycles. The van der Waals surface area contributed by atoms with Crippen molar-refractivity contribution < 1.29 is 69.3 Å². The Bertz CT molecular complexity index is 1230. The summed E-state index contributed by atoms with van der Waals surface area (Å²) < 4.78 is 27.3. The predicted molar refractivity (Wildman–Crippen MR) is 142 cm³/mol. The molecule has 2 aromatic rings. The van der Waals surface area contributed by atoms with Crippen molar-refractivity contribution in [3.05, 3.63) is 53.6 Å². The van der Waals surface area contributed by atoms with Crippen molar-refractivity contribution in [1.29, 1.82) is 0 Å². The maximum Gasteiger partial charge on any atom is 0.229 e. The molecule has 0 saturated carbocycles. The summed E-state index contributed by atoms with van der Waals surface area (Å²) in [4.78, 5) is 12.7. The molecular weight excluding hydrogens is 560 g/mol. The number of hydrogen-bond donors (Lipinski definition) is 8. The summed E-state index contributed by atoms with van der Waals surface area (Å²) in [5.41, 5.74) is 0.236. The fraction of sp³-hybridized carbons (Fsp3) is 0.464. The molecule has 230 valence electrons. The quantitative estimate of drug-likeness (QED) is 0.129. The Kier molecular flexibility index (Phi) is 10.0. The van der Waals surface area contributed by atoms with E-state index >= 15 is 0 Å². The first-order valence-corrected chi connectivity index (χ1v) is 13.0. The fourth-order valence-electron chi connectivity index (χ4n) is 4.59. The minimum Gasteiger partial charge on any atom is -0.507 e. The Labute approximate surface area is 240 Å². The van der Waals surface area contributed by atoms with E-state index in [0.29, 0.717) is 11.3 Å². The van der Waals surface area contributed by atoms with Gasteiger partial charge in [-0.25, -0.2) is 0 Å². The minimum absolute atomic E-state index is 0.256. The number of phenols is 2. The molecule has 2 aliphatic heterocycles. The van der Waals surface area contributed by atoms with Gasteiger partial charge in [-0.1, -0.05) is 18.2 Å². The van der Waals surface area contributed by atoms with Crippen molar-refractivity contribution in [2.75, 3.05) is 13.7 Å². The van der Waals surface area contributed by atoms with Crippen LogP contribution in [0.1, 0.15) is 22.8 Å². The van der Waals surface area contributed by atoms with Gasteiger partial charge in [0.15, 0.2) is 18.2 Å². The lowest BCUT2D eigenvalue weighted by molar-refractivity contribution is -0.354. The number of aliphatic hydroxyl groups is 6. The molecule has 0 aliphatic carbocycles. The van der Waals surface area contributed by atoms with Crippen LogP contribution < -0.4 is 9.47 Å². The van der Waals surface area contributed by atoms with E-state index in [-0.39, 0.29) is 5.75 Å². The Hall–Kier alpha value is -3.31. The second kappa shape index (κ2) is 13.3. The molecule has 0 bridgehead atoms. The number of rotatable bonds is 9. The van der Waals surface area contributed by atoms with Crippen molar-refractivity contribution in [1.82, 2.24) is 0 Å². The third-order valence-electron chi connectivity index (χ3n) is 7.04. The van der Waals surface area contributed by atoms with E-state index < -0.39 is 90.9 Å². The minimum atomic E-state index is -1.78. The van der Waals surface area contributed by atoms with Crippen LogP contribution in [0.5, 0.6) is 23.0 Å². The van der Waals surface area contributed by atoms with Gasteiger partial charge in [0.2, 0.25) is 6.29 Å². The van der Waals surface area contributed by atoms with Crippen molar-refractivity contribution in [3.8, 4) is 23.0 Å². The fourth-order valence-corrected chi connectivity index (χ4v) is 4.59. The molecular formula is C28H34O14. The first-order chi connectivity index (χ1) is 19.9. The van der Waals surface area contributed by atoms with Gasteiger partial charge in [-0.2, -0.15) is 0 Å². The molecule has 4 rings (SSSR count). The second-order valence-corrected chi connectivity index (χ2v) is 9.91. The molecule has 0 spiro atoms.